The molecule has 0 saturated heterocycles. The van der Waals surface area contributed by atoms with Crippen LogP contribution in [0, 0.1) is 0 Å². The van der Waals surface area contributed by atoms with Crippen molar-refractivity contribution in [3.05, 3.63) is 35.9 Å². The number of carbonyl (C=O) groups excluding carboxylic acids is 1. The van der Waals surface area contributed by atoms with Crippen LogP contribution in [0.15, 0.2) is 30.3 Å². The Morgan fingerprint density at radius 3 is 2.12 bits per heavy atom. The topological polar surface area (TPSA) is 57.5 Å². The van der Waals surface area contributed by atoms with E-state index in [4.69, 9.17) is 10.2 Å². The van der Waals surface area contributed by atoms with Crippen LogP contribution in [-0.2, 0) is 0 Å². The predicted octanol–water partition coefficient (Wildman–Crippen LogP) is 1.97. The largest absolute Gasteiger partial charge is 0.396 e. The first-order valence-electron chi connectivity index (χ1n) is 5.37. The highest BCUT2D eigenvalue weighted by Gasteiger charge is 2.23. The van der Waals surface area contributed by atoms with Gasteiger partial charge in [-0.15, -0.1) is 0 Å². The molecule has 0 heterocycles. The SMILES string of the molecule is O=C(CS(Br)(CCO)CCO)c1ccccc1. The van der Waals surface area contributed by atoms with Gasteiger partial charge in [-0.2, -0.15) is 8.46 Å². The Hall–Kier alpha value is -0.360. The highest BCUT2D eigenvalue weighted by molar-refractivity contribution is 9.58. The first-order chi connectivity index (χ1) is 8.11. The van der Waals surface area contributed by atoms with Gasteiger partial charge in [0.05, 0.1) is 19.0 Å². The number of halogens is 1. The molecule has 3 nitrogen and oxygen atoms in total. The molecule has 0 atom stereocenters. The Balaban J connectivity index is 2.71. The summed E-state index contributed by atoms with van der Waals surface area (Å²) in [6.07, 6.45) is 0. The van der Waals surface area contributed by atoms with Gasteiger partial charge in [-0.3, -0.25) is 4.79 Å². The zero-order chi connectivity index (χ0) is 12.7. The van der Waals surface area contributed by atoms with Gasteiger partial charge in [-0.25, -0.2) is 0 Å². The summed E-state index contributed by atoms with van der Waals surface area (Å²) in [6.45, 7) is 0.0608. The molecule has 17 heavy (non-hydrogen) atoms. The fourth-order valence-corrected chi connectivity index (χ4v) is 4.79. The molecule has 0 bridgehead atoms. The minimum Gasteiger partial charge on any atom is -0.396 e. The second-order valence-electron chi connectivity index (χ2n) is 3.73. The zero-order valence-corrected chi connectivity index (χ0v) is 11.9. The Morgan fingerprint density at radius 1 is 1.12 bits per heavy atom. The van der Waals surface area contributed by atoms with Crippen molar-refractivity contribution in [3.8, 4) is 0 Å². The average molecular weight is 321 g/mol. The van der Waals surface area contributed by atoms with Gasteiger partial charge in [0.1, 0.15) is 0 Å². The fraction of sp³-hybridized carbons (Fsp3) is 0.417. The number of aliphatic hydroxyl groups is 2. The normalized spacial score (nSPS) is 12.4. The molecule has 0 saturated carbocycles. The number of hydrogen-bond acceptors (Lipinski definition) is 3. The molecule has 0 amide bonds. The second kappa shape index (κ2) is 7.16. The molecule has 0 aliphatic carbocycles. The molecule has 0 unspecified atom stereocenters. The van der Waals surface area contributed by atoms with Crippen LogP contribution in [0.1, 0.15) is 10.4 Å². The van der Waals surface area contributed by atoms with Crippen LogP contribution in [0.2, 0.25) is 0 Å². The van der Waals surface area contributed by atoms with Gasteiger partial charge in [-0.1, -0.05) is 30.3 Å². The average Bonchev–Trinajstić information content (AvgIpc) is 2.30. The number of rotatable bonds is 7. The van der Waals surface area contributed by atoms with Crippen LogP contribution >= 0.6 is 23.3 Å². The van der Waals surface area contributed by atoms with Crippen LogP contribution in [0.25, 0.3) is 0 Å². The van der Waals surface area contributed by atoms with E-state index in [0.29, 0.717) is 22.8 Å². The van der Waals surface area contributed by atoms with E-state index in [2.05, 4.69) is 14.8 Å². The van der Waals surface area contributed by atoms with Crippen molar-refractivity contribution in [1.82, 2.24) is 0 Å². The molecule has 1 aromatic rings. The van der Waals surface area contributed by atoms with Crippen LogP contribution in [0.4, 0.5) is 0 Å². The van der Waals surface area contributed by atoms with Crippen molar-refractivity contribution in [2.45, 2.75) is 0 Å². The summed E-state index contributed by atoms with van der Waals surface area (Å²) in [5, 5.41) is 18.0. The molecule has 5 heteroatoms. The maximum atomic E-state index is 12.0. The lowest BCUT2D eigenvalue weighted by atomic mass is 10.2. The Labute approximate surface area is 110 Å². The Bertz CT molecular complexity index is 350. The van der Waals surface area contributed by atoms with Crippen molar-refractivity contribution in [2.24, 2.45) is 0 Å². The summed E-state index contributed by atoms with van der Waals surface area (Å²) in [7, 11) is -1.42. The van der Waals surface area contributed by atoms with E-state index in [1.165, 1.54) is 0 Å². The lowest BCUT2D eigenvalue weighted by Gasteiger charge is -2.31. The quantitative estimate of drug-likeness (QED) is 0.755. The first-order valence-corrected chi connectivity index (χ1v) is 9.35. The molecule has 0 aromatic heterocycles. The number of aliphatic hydroxyl groups excluding tert-OH is 2. The number of carbonyl (C=O) groups is 1. The molecule has 0 radical (unpaired) electrons. The summed E-state index contributed by atoms with van der Waals surface area (Å²) < 4.78 is 0. The van der Waals surface area contributed by atoms with Gasteiger partial charge in [-0.05, 0) is 14.8 Å². The van der Waals surface area contributed by atoms with E-state index in [1.54, 1.807) is 12.1 Å². The van der Waals surface area contributed by atoms with Gasteiger partial charge in [0.2, 0.25) is 0 Å². The number of benzene rings is 1. The molecule has 0 aliphatic heterocycles. The van der Waals surface area contributed by atoms with Crippen LogP contribution in [0.5, 0.6) is 0 Å². The van der Waals surface area contributed by atoms with Gasteiger partial charge in [0.15, 0.2) is 5.78 Å². The maximum Gasteiger partial charge on any atom is 0.171 e. The molecule has 1 aromatic carbocycles. The molecule has 0 spiro atoms. The van der Waals surface area contributed by atoms with E-state index in [-0.39, 0.29) is 19.0 Å². The standard InChI is InChI=1S/C12H17BrO3S/c13-17(8-6-14,9-7-15)10-12(16)11-4-2-1-3-5-11/h1-5,14-15H,6-10H2. The predicted molar refractivity (Wildman–Crippen MR) is 76.1 cm³/mol. The van der Waals surface area contributed by atoms with Crippen molar-refractivity contribution in [2.75, 3.05) is 30.5 Å². The summed E-state index contributed by atoms with van der Waals surface area (Å²) in [5.41, 5.74) is 0.680. The fourth-order valence-electron chi connectivity index (χ4n) is 1.52. The molecule has 0 aliphatic rings. The minimum absolute atomic E-state index is 0.0304. The van der Waals surface area contributed by atoms with Crippen LogP contribution in [-0.4, -0.2) is 46.5 Å². The monoisotopic (exact) mass is 320 g/mol. The van der Waals surface area contributed by atoms with Crippen molar-refractivity contribution >= 4 is 29.1 Å². The number of Topliss-reactive ketones (excluding diaryl/α,β-unsaturated/α-hetero) is 1. The summed E-state index contributed by atoms with van der Waals surface area (Å²) in [4.78, 5) is 12.0. The van der Waals surface area contributed by atoms with Crippen molar-refractivity contribution in [1.29, 1.82) is 0 Å². The van der Waals surface area contributed by atoms with Gasteiger partial charge >= 0.3 is 0 Å². The lowest BCUT2D eigenvalue weighted by molar-refractivity contribution is 0.102. The lowest BCUT2D eigenvalue weighted by Crippen LogP contribution is -2.18. The van der Waals surface area contributed by atoms with E-state index >= 15 is 0 Å². The van der Waals surface area contributed by atoms with Crippen molar-refractivity contribution in [3.63, 3.8) is 0 Å². The van der Waals surface area contributed by atoms with E-state index in [1.807, 2.05) is 18.2 Å². The van der Waals surface area contributed by atoms with E-state index in [9.17, 15) is 4.79 Å². The summed E-state index contributed by atoms with van der Waals surface area (Å²) >= 11 is 3.55. The molecular weight excluding hydrogens is 304 g/mol. The van der Waals surface area contributed by atoms with E-state index in [0.717, 1.165) is 0 Å². The second-order valence-corrected chi connectivity index (χ2v) is 10.8. The van der Waals surface area contributed by atoms with Gasteiger partial charge < -0.3 is 10.2 Å². The smallest absolute Gasteiger partial charge is 0.171 e. The molecule has 0 fully saturated rings. The van der Waals surface area contributed by atoms with Crippen LogP contribution in [0.3, 0.4) is 0 Å². The Morgan fingerprint density at radius 2 is 1.65 bits per heavy atom. The maximum absolute atomic E-state index is 12.0. The summed E-state index contributed by atoms with van der Waals surface area (Å²) in [5.74, 6) is 1.48. The third kappa shape index (κ3) is 4.79. The third-order valence-electron chi connectivity index (χ3n) is 2.40. The van der Waals surface area contributed by atoms with Crippen LogP contribution < -0.4 is 0 Å². The van der Waals surface area contributed by atoms with Gasteiger partial charge in [0, 0.05) is 17.1 Å². The minimum atomic E-state index is -1.42. The summed E-state index contributed by atoms with van der Waals surface area (Å²) in [6, 6.07) is 9.10. The van der Waals surface area contributed by atoms with Crippen molar-refractivity contribution < 1.29 is 15.0 Å². The number of hydrogen-bond donors (Lipinski definition) is 2. The number of ketones is 1. The van der Waals surface area contributed by atoms with E-state index < -0.39 is 8.46 Å². The van der Waals surface area contributed by atoms with Gasteiger partial charge in [0.25, 0.3) is 0 Å². The Kier molecular flexibility index (Phi) is 6.19. The first kappa shape index (κ1) is 14.7. The molecule has 1 rings (SSSR count). The molecular formula is C12H17BrO3S. The molecule has 2 N–H and O–H groups in total. The highest BCUT2D eigenvalue weighted by atomic mass is 79.9. The highest BCUT2D eigenvalue weighted by Crippen LogP contribution is 2.55. The zero-order valence-electron chi connectivity index (χ0n) is 9.51. The molecule has 96 valence electrons. The third-order valence-corrected chi connectivity index (χ3v) is 7.64.